The molecule has 2 aromatic carbocycles. The number of rotatable bonds is 4. The van der Waals surface area contributed by atoms with Crippen molar-refractivity contribution in [3.63, 3.8) is 0 Å². The van der Waals surface area contributed by atoms with Crippen molar-refractivity contribution in [1.82, 2.24) is 9.97 Å². The Morgan fingerprint density at radius 2 is 1.90 bits per heavy atom. The molecule has 5 nitrogen and oxygen atoms in total. The van der Waals surface area contributed by atoms with Crippen LogP contribution in [0.4, 0.5) is 10.1 Å². The second kappa shape index (κ2) is 8.34. The molecule has 0 aliphatic heterocycles. The molecule has 0 saturated carbocycles. The van der Waals surface area contributed by atoms with Crippen molar-refractivity contribution in [1.29, 1.82) is 0 Å². The van der Waals surface area contributed by atoms with Crippen molar-refractivity contribution >= 4 is 40.1 Å². The number of aromatic amines is 1. The van der Waals surface area contributed by atoms with Crippen LogP contribution >= 0.6 is 11.6 Å². The molecule has 0 radical (unpaired) electrons. The van der Waals surface area contributed by atoms with Gasteiger partial charge in [0.15, 0.2) is 11.5 Å². The number of allylic oxidation sites excluding steroid dienone is 1. The summed E-state index contributed by atoms with van der Waals surface area (Å²) in [5.41, 5.74) is 1.70. The Hall–Kier alpha value is -4.08. The number of benzene rings is 2. The van der Waals surface area contributed by atoms with Gasteiger partial charge in [0.2, 0.25) is 0 Å². The van der Waals surface area contributed by atoms with Crippen molar-refractivity contribution in [3.05, 3.63) is 111 Å². The molecule has 0 aliphatic carbocycles. The van der Waals surface area contributed by atoms with Gasteiger partial charge in [-0.25, -0.2) is 9.24 Å². The van der Waals surface area contributed by atoms with Crippen molar-refractivity contribution in [2.45, 2.75) is 0 Å². The molecule has 0 bridgehead atoms. The molecule has 0 spiro atoms. The summed E-state index contributed by atoms with van der Waals surface area (Å²) < 4.78 is 13.4. The minimum atomic E-state index is -0.564. The number of aromatic nitrogens is 2. The van der Waals surface area contributed by atoms with Crippen LogP contribution in [0.1, 0.15) is 15.9 Å². The fourth-order valence-electron chi connectivity index (χ4n) is 3.28. The molecule has 1 N–H and O–H groups in total. The van der Waals surface area contributed by atoms with E-state index in [0.717, 1.165) is 6.20 Å². The first-order chi connectivity index (χ1) is 15.0. The van der Waals surface area contributed by atoms with Crippen LogP contribution in [-0.4, -0.2) is 15.8 Å². The van der Waals surface area contributed by atoms with Gasteiger partial charge in [0.25, 0.3) is 5.56 Å². The van der Waals surface area contributed by atoms with Gasteiger partial charge in [-0.3, -0.25) is 14.6 Å². The molecule has 4 aromatic rings. The van der Waals surface area contributed by atoms with Gasteiger partial charge in [0.05, 0.1) is 18.3 Å². The fourth-order valence-corrected chi connectivity index (χ4v) is 3.45. The van der Waals surface area contributed by atoms with Crippen molar-refractivity contribution in [3.8, 4) is 11.1 Å². The Morgan fingerprint density at radius 1 is 1.13 bits per heavy atom. The highest BCUT2D eigenvalue weighted by molar-refractivity contribution is 6.31. The van der Waals surface area contributed by atoms with Gasteiger partial charge in [-0.05, 0) is 47.5 Å². The number of hydrogen-bond donors (Lipinski definition) is 1. The Bertz CT molecular complexity index is 1450. The number of nitrogens with zero attached hydrogens (tertiary/aromatic N) is 2. The standard InChI is InChI=1S/C24H13ClFN3O2/c1-27-18-6-3-15(4-7-18)22-19-11-16(25)5-8-20(19)29-24(31)23(22)21(30)9-2-14-10-17(26)13-28-12-14/h2-13H,(H,29,31)/b9-2+. The number of H-pyrrole nitrogens is 1. The van der Waals surface area contributed by atoms with Gasteiger partial charge in [-0.15, -0.1) is 0 Å². The predicted molar refractivity (Wildman–Crippen MR) is 119 cm³/mol. The van der Waals surface area contributed by atoms with E-state index >= 15 is 0 Å². The van der Waals surface area contributed by atoms with Crippen molar-refractivity contribution in [2.75, 3.05) is 0 Å². The largest absolute Gasteiger partial charge is 0.321 e. The highest BCUT2D eigenvalue weighted by Gasteiger charge is 2.19. The lowest BCUT2D eigenvalue weighted by Gasteiger charge is -2.12. The van der Waals surface area contributed by atoms with E-state index in [0.29, 0.717) is 38.3 Å². The zero-order chi connectivity index (χ0) is 22.0. The number of fused-ring (bicyclic) bond motifs is 1. The number of nitrogens with one attached hydrogen (secondary N) is 1. The lowest BCUT2D eigenvalue weighted by atomic mass is 9.93. The zero-order valence-corrected chi connectivity index (χ0v) is 16.7. The van der Waals surface area contributed by atoms with Crippen molar-refractivity contribution in [2.24, 2.45) is 0 Å². The number of carbonyl (C=O) groups excluding carboxylic acids is 1. The van der Waals surface area contributed by atoms with E-state index in [9.17, 15) is 14.0 Å². The third-order valence-corrected chi connectivity index (χ3v) is 4.90. The van der Waals surface area contributed by atoms with Gasteiger partial charge in [-0.1, -0.05) is 35.9 Å². The third kappa shape index (κ3) is 4.13. The summed E-state index contributed by atoms with van der Waals surface area (Å²) in [6, 6.07) is 12.8. The minimum absolute atomic E-state index is 0.0778. The minimum Gasteiger partial charge on any atom is -0.321 e. The molecule has 31 heavy (non-hydrogen) atoms. The fraction of sp³-hybridized carbons (Fsp3) is 0. The van der Waals surface area contributed by atoms with Crippen LogP contribution in [0.5, 0.6) is 0 Å². The first-order valence-electron chi connectivity index (χ1n) is 9.12. The molecule has 0 amide bonds. The Morgan fingerprint density at radius 3 is 2.61 bits per heavy atom. The maximum absolute atomic E-state index is 13.4. The first kappa shape index (κ1) is 20.2. The quantitative estimate of drug-likeness (QED) is 0.252. The highest BCUT2D eigenvalue weighted by atomic mass is 35.5. The second-order valence-corrected chi connectivity index (χ2v) is 7.12. The summed E-state index contributed by atoms with van der Waals surface area (Å²) in [5, 5.41) is 1.03. The molecule has 4 rings (SSSR count). The SMILES string of the molecule is [C-]#[N+]c1ccc(-c2c(C(=O)/C=C/c3cncc(F)c3)c(=O)[nH]c3ccc(Cl)cc23)cc1. The molecule has 0 aliphatic rings. The molecule has 0 atom stereocenters. The maximum atomic E-state index is 13.4. The van der Waals surface area contributed by atoms with Gasteiger partial charge in [-0.2, -0.15) is 0 Å². The van der Waals surface area contributed by atoms with Crippen LogP contribution in [-0.2, 0) is 0 Å². The molecule has 0 fully saturated rings. The summed E-state index contributed by atoms with van der Waals surface area (Å²) in [5.74, 6) is -1.09. The Labute approximate surface area is 181 Å². The zero-order valence-electron chi connectivity index (χ0n) is 15.9. The van der Waals surface area contributed by atoms with E-state index in [1.54, 1.807) is 42.5 Å². The van der Waals surface area contributed by atoms with Gasteiger partial charge in [0, 0.05) is 27.7 Å². The second-order valence-electron chi connectivity index (χ2n) is 6.69. The number of hydrogen-bond acceptors (Lipinski definition) is 3. The van der Waals surface area contributed by atoms with Crippen molar-refractivity contribution < 1.29 is 9.18 Å². The van der Waals surface area contributed by atoms with Crippen LogP contribution < -0.4 is 5.56 Å². The molecule has 2 heterocycles. The molecular weight excluding hydrogens is 417 g/mol. The molecule has 2 aromatic heterocycles. The lowest BCUT2D eigenvalue weighted by molar-refractivity contribution is 0.104. The number of pyridine rings is 2. The Kier molecular flexibility index (Phi) is 5.44. The number of carbonyl (C=O) groups is 1. The average Bonchev–Trinajstić information content (AvgIpc) is 2.77. The smallest absolute Gasteiger partial charge is 0.260 e. The van der Waals surface area contributed by atoms with Gasteiger partial charge >= 0.3 is 0 Å². The van der Waals surface area contributed by atoms with E-state index in [1.165, 1.54) is 24.4 Å². The first-order valence-corrected chi connectivity index (χ1v) is 9.50. The van der Waals surface area contributed by atoms with E-state index < -0.39 is 17.2 Å². The molecule has 150 valence electrons. The molecule has 0 saturated heterocycles. The predicted octanol–water partition coefficient (Wildman–Crippen LogP) is 5.83. The van der Waals surface area contributed by atoms with Crippen LogP contribution in [0.25, 0.3) is 33.0 Å². The summed E-state index contributed by atoms with van der Waals surface area (Å²) in [6.07, 6.45) is 5.06. The number of ketones is 1. The van der Waals surface area contributed by atoms with Gasteiger partial charge < -0.3 is 4.98 Å². The number of halogens is 2. The van der Waals surface area contributed by atoms with E-state index in [1.807, 2.05) is 0 Å². The summed E-state index contributed by atoms with van der Waals surface area (Å²) >= 11 is 6.18. The summed E-state index contributed by atoms with van der Waals surface area (Å²) in [7, 11) is 0. The van der Waals surface area contributed by atoms with Crippen LogP contribution in [0, 0.1) is 12.4 Å². The maximum Gasteiger partial charge on any atom is 0.260 e. The van der Waals surface area contributed by atoms with Crippen LogP contribution in [0.3, 0.4) is 0 Å². The lowest BCUT2D eigenvalue weighted by Crippen LogP contribution is -2.18. The van der Waals surface area contributed by atoms with Crippen LogP contribution in [0.15, 0.2) is 71.8 Å². The normalized spacial score (nSPS) is 11.0. The van der Waals surface area contributed by atoms with Gasteiger partial charge in [0.1, 0.15) is 5.82 Å². The topological polar surface area (TPSA) is 67.2 Å². The van der Waals surface area contributed by atoms with E-state index in [4.69, 9.17) is 18.2 Å². The van der Waals surface area contributed by atoms with E-state index in [-0.39, 0.29) is 5.56 Å². The Balaban J connectivity index is 1.93. The highest BCUT2D eigenvalue weighted by Crippen LogP contribution is 2.32. The molecule has 7 heteroatoms. The summed E-state index contributed by atoms with van der Waals surface area (Å²) in [4.78, 5) is 35.8. The third-order valence-electron chi connectivity index (χ3n) is 4.66. The molecule has 0 unspecified atom stereocenters. The average molecular weight is 430 g/mol. The molecular formula is C24H13ClFN3O2. The summed E-state index contributed by atoms with van der Waals surface area (Å²) in [6.45, 7) is 7.13. The van der Waals surface area contributed by atoms with E-state index in [2.05, 4.69) is 14.8 Å². The van der Waals surface area contributed by atoms with Crippen LogP contribution in [0.2, 0.25) is 5.02 Å². The monoisotopic (exact) mass is 429 g/mol.